The van der Waals surface area contributed by atoms with Crippen LogP contribution >= 0.6 is 0 Å². The van der Waals surface area contributed by atoms with Crippen molar-refractivity contribution < 1.29 is 38.5 Å². The first-order valence-corrected chi connectivity index (χ1v) is 13.9. The van der Waals surface area contributed by atoms with Gasteiger partial charge >= 0.3 is 0 Å². The normalized spacial score (nSPS) is 20.8. The zero-order valence-corrected chi connectivity index (χ0v) is 22.4. The van der Waals surface area contributed by atoms with Crippen LogP contribution in [-0.2, 0) is 14.3 Å². The van der Waals surface area contributed by atoms with Crippen molar-refractivity contribution in [2.45, 2.75) is 32.2 Å². The molecule has 208 valence electrons. The molecule has 1 atom stereocenters. The minimum Gasteiger partial charge on any atom is -0.872 e. The van der Waals surface area contributed by atoms with E-state index in [0.717, 1.165) is 45.7 Å². The van der Waals surface area contributed by atoms with Crippen molar-refractivity contribution in [1.82, 2.24) is 4.90 Å². The maximum absolute atomic E-state index is 13.9. The van der Waals surface area contributed by atoms with Crippen molar-refractivity contribution in [3.8, 4) is 17.2 Å². The number of nitrogens with one attached hydrogen (secondary N) is 1. The number of ether oxygens (including phenoxy) is 4. The lowest BCUT2D eigenvalue weighted by molar-refractivity contribution is -0.908. The van der Waals surface area contributed by atoms with E-state index in [1.54, 1.807) is 23.1 Å². The molecule has 2 aromatic carbocycles. The molecule has 0 aliphatic carbocycles. The van der Waals surface area contributed by atoms with Crippen molar-refractivity contribution in [2.24, 2.45) is 0 Å². The fourth-order valence-electron chi connectivity index (χ4n) is 5.31. The van der Waals surface area contributed by atoms with E-state index >= 15 is 0 Å². The number of Topliss-reactive ketones (excluding diaryl/α,β-unsaturated/α-hetero) is 1. The van der Waals surface area contributed by atoms with E-state index in [1.165, 1.54) is 4.90 Å². The standard InChI is InChI=1S/C30H36N2O7/c1-2-3-14-37-23-7-4-6-21(19-23)27-26(28(33)22-8-9-24-25(20-22)39-18-17-38-24)29(34)30(35)32(27)11-5-10-31-12-15-36-16-13-31/h4,6-9,19-20,27,33H,2-3,5,10-18H2,1H3. The molecular formula is C30H36N2O7. The highest BCUT2D eigenvalue weighted by atomic mass is 16.6. The molecule has 0 aromatic heterocycles. The quantitative estimate of drug-likeness (QED) is 0.211. The van der Waals surface area contributed by atoms with Gasteiger partial charge < -0.3 is 33.9 Å². The number of ketones is 1. The highest BCUT2D eigenvalue weighted by molar-refractivity contribution is 6.46. The van der Waals surface area contributed by atoms with Crippen molar-refractivity contribution in [2.75, 3.05) is 59.2 Å². The smallest absolute Gasteiger partial charge is 0.295 e. The van der Waals surface area contributed by atoms with Gasteiger partial charge in [0.1, 0.15) is 32.1 Å². The Morgan fingerprint density at radius 3 is 2.62 bits per heavy atom. The van der Waals surface area contributed by atoms with Gasteiger partial charge in [-0.2, -0.15) is 0 Å². The molecule has 9 nitrogen and oxygen atoms in total. The van der Waals surface area contributed by atoms with Gasteiger partial charge in [0.15, 0.2) is 11.5 Å². The molecular weight excluding hydrogens is 500 g/mol. The highest BCUT2D eigenvalue weighted by Crippen LogP contribution is 2.41. The molecule has 1 unspecified atom stereocenters. The Bertz CT molecular complexity index is 1220. The van der Waals surface area contributed by atoms with Crippen molar-refractivity contribution in [3.63, 3.8) is 0 Å². The number of morpholine rings is 1. The van der Waals surface area contributed by atoms with E-state index in [4.69, 9.17) is 18.9 Å². The average Bonchev–Trinajstić information content (AvgIpc) is 3.22. The summed E-state index contributed by atoms with van der Waals surface area (Å²) in [5, 5.41) is 13.9. The average molecular weight is 537 g/mol. The summed E-state index contributed by atoms with van der Waals surface area (Å²) in [5.74, 6) is -0.216. The molecule has 0 radical (unpaired) electrons. The third-order valence-corrected chi connectivity index (χ3v) is 7.40. The number of unbranched alkanes of at least 4 members (excludes halogenated alkanes) is 1. The molecule has 0 bridgehead atoms. The van der Waals surface area contributed by atoms with Crippen LogP contribution in [0, 0.1) is 0 Å². The van der Waals surface area contributed by atoms with Crippen molar-refractivity contribution in [3.05, 3.63) is 59.2 Å². The topological polar surface area (TPSA) is 102 Å². The minimum absolute atomic E-state index is 0.0406. The van der Waals surface area contributed by atoms with E-state index in [1.807, 2.05) is 24.3 Å². The van der Waals surface area contributed by atoms with Crippen molar-refractivity contribution >= 4 is 17.4 Å². The maximum Gasteiger partial charge on any atom is 0.295 e. The molecule has 0 saturated carbocycles. The van der Waals surface area contributed by atoms with E-state index in [2.05, 4.69) is 6.92 Å². The van der Waals surface area contributed by atoms with Gasteiger partial charge in [-0.25, -0.2) is 0 Å². The number of carbonyl (C=O) groups excluding carboxylic acids is 2. The first-order chi connectivity index (χ1) is 19.1. The monoisotopic (exact) mass is 536 g/mol. The van der Waals surface area contributed by atoms with E-state index in [0.29, 0.717) is 55.6 Å². The molecule has 2 saturated heterocycles. The van der Waals surface area contributed by atoms with Crippen LogP contribution in [0.5, 0.6) is 17.2 Å². The Morgan fingerprint density at radius 1 is 1.03 bits per heavy atom. The van der Waals surface area contributed by atoms with Gasteiger partial charge in [-0.3, -0.25) is 9.59 Å². The first kappa shape index (κ1) is 27.0. The summed E-state index contributed by atoms with van der Waals surface area (Å²) in [6, 6.07) is 11.5. The molecule has 2 fully saturated rings. The van der Waals surface area contributed by atoms with Crippen LogP contribution in [0.15, 0.2) is 48.0 Å². The number of nitrogens with zero attached hydrogens (tertiary/aromatic N) is 1. The van der Waals surface area contributed by atoms with Crippen LogP contribution in [0.3, 0.4) is 0 Å². The fraction of sp³-hybridized carbons (Fsp3) is 0.467. The number of rotatable bonds is 10. The lowest BCUT2D eigenvalue weighted by Crippen LogP contribution is -3.14. The largest absolute Gasteiger partial charge is 0.872 e. The molecule has 2 aromatic rings. The summed E-state index contributed by atoms with van der Waals surface area (Å²) in [4.78, 5) is 29.7. The Hall–Kier alpha value is -3.56. The molecule has 3 heterocycles. The summed E-state index contributed by atoms with van der Waals surface area (Å²) in [5.41, 5.74) is 0.930. The van der Waals surface area contributed by atoms with Crippen LogP contribution in [0.1, 0.15) is 43.4 Å². The molecule has 1 amide bonds. The first-order valence-electron chi connectivity index (χ1n) is 13.9. The molecule has 0 spiro atoms. The maximum atomic E-state index is 13.9. The van der Waals surface area contributed by atoms with Gasteiger partial charge in [0.25, 0.3) is 5.91 Å². The molecule has 9 heteroatoms. The summed E-state index contributed by atoms with van der Waals surface area (Å²) < 4.78 is 22.6. The van der Waals surface area contributed by atoms with Crippen LogP contribution < -0.4 is 24.2 Å². The van der Waals surface area contributed by atoms with Gasteiger partial charge in [-0.05, 0) is 41.8 Å². The molecule has 39 heavy (non-hydrogen) atoms. The summed E-state index contributed by atoms with van der Waals surface area (Å²) >= 11 is 0. The number of hydrogen-bond acceptors (Lipinski definition) is 7. The molecule has 3 aliphatic heterocycles. The Kier molecular flexibility index (Phi) is 8.68. The van der Waals surface area contributed by atoms with E-state index in [-0.39, 0.29) is 11.1 Å². The lowest BCUT2D eigenvalue weighted by Gasteiger charge is -2.29. The number of hydrogen-bond donors (Lipinski definition) is 1. The third-order valence-electron chi connectivity index (χ3n) is 7.40. The van der Waals surface area contributed by atoms with Gasteiger partial charge in [0.05, 0.1) is 32.4 Å². The Balaban J connectivity index is 1.48. The van der Waals surface area contributed by atoms with Crippen LogP contribution in [-0.4, -0.2) is 75.8 Å². The second-order valence-corrected chi connectivity index (χ2v) is 10.1. The van der Waals surface area contributed by atoms with Gasteiger partial charge in [-0.15, -0.1) is 0 Å². The number of fused-ring (bicyclic) bond motifs is 1. The number of carbonyl (C=O) groups is 2. The Morgan fingerprint density at radius 2 is 1.82 bits per heavy atom. The van der Waals surface area contributed by atoms with Crippen molar-refractivity contribution in [1.29, 1.82) is 0 Å². The zero-order valence-electron chi connectivity index (χ0n) is 22.4. The second kappa shape index (κ2) is 12.5. The number of amides is 1. The molecule has 1 N–H and O–H groups in total. The van der Waals surface area contributed by atoms with Crippen LogP contribution in [0.25, 0.3) is 5.76 Å². The minimum atomic E-state index is -0.792. The van der Waals surface area contributed by atoms with E-state index in [9.17, 15) is 14.7 Å². The summed E-state index contributed by atoms with van der Waals surface area (Å²) in [7, 11) is 0. The molecule has 3 aliphatic rings. The zero-order chi connectivity index (χ0) is 27.2. The second-order valence-electron chi connectivity index (χ2n) is 10.1. The van der Waals surface area contributed by atoms with E-state index < -0.39 is 23.5 Å². The number of quaternary nitrogens is 1. The predicted molar refractivity (Wildman–Crippen MR) is 142 cm³/mol. The van der Waals surface area contributed by atoms with Gasteiger partial charge in [0.2, 0.25) is 5.78 Å². The lowest BCUT2D eigenvalue weighted by atomic mass is 9.95. The van der Waals surface area contributed by atoms with Gasteiger partial charge in [-0.1, -0.05) is 37.3 Å². The summed E-state index contributed by atoms with van der Waals surface area (Å²) in [6.45, 7) is 8.02. The number of benzene rings is 2. The number of likely N-dealkylation sites (tertiary alicyclic amines) is 1. The third kappa shape index (κ3) is 6.04. The fourth-order valence-corrected chi connectivity index (χ4v) is 5.31. The Labute approximate surface area is 228 Å². The van der Waals surface area contributed by atoms with Crippen LogP contribution in [0.2, 0.25) is 0 Å². The highest BCUT2D eigenvalue weighted by Gasteiger charge is 2.44. The SMILES string of the molecule is CCCCOc1cccc(C2C(=C([O-])c3ccc4c(c3)OCCO4)C(=O)C(=O)N2CCC[NH+]2CCOCC2)c1. The molecule has 5 rings (SSSR count). The predicted octanol–water partition coefficient (Wildman–Crippen LogP) is 1.17. The summed E-state index contributed by atoms with van der Waals surface area (Å²) in [6.07, 6.45) is 2.63. The van der Waals surface area contributed by atoms with Gasteiger partial charge in [0, 0.05) is 18.5 Å². The van der Waals surface area contributed by atoms with Crippen LogP contribution in [0.4, 0.5) is 0 Å².